The molecule has 4 heteroatoms. The van der Waals surface area contributed by atoms with Crippen molar-refractivity contribution in [1.82, 2.24) is 10.2 Å². The Bertz CT molecular complexity index is 484. The lowest BCUT2D eigenvalue weighted by molar-refractivity contribution is 0.234. The first kappa shape index (κ1) is 17.6. The first-order valence-electron chi connectivity index (χ1n) is 8.38. The Hall–Kier alpha value is -0.780. The average molecular weight is 413 g/mol. The normalized spacial score (nSPS) is 25.5. The predicted molar refractivity (Wildman–Crippen MR) is 104 cm³/mol. The van der Waals surface area contributed by atoms with Gasteiger partial charge in [0.15, 0.2) is 5.96 Å². The molecule has 0 spiro atoms. The topological polar surface area (TPSA) is 27.6 Å². The van der Waals surface area contributed by atoms with E-state index in [1.807, 2.05) is 0 Å². The largest absolute Gasteiger partial charge is 0.354 e. The van der Waals surface area contributed by atoms with Crippen molar-refractivity contribution in [1.29, 1.82) is 0 Å². The summed E-state index contributed by atoms with van der Waals surface area (Å²) in [5.41, 5.74) is 1.49. The molecule has 2 fully saturated rings. The molecule has 1 heterocycles. The second kappa shape index (κ2) is 8.18. The molecule has 1 aromatic rings. The average Bonchev–Trinajstić information content (AvgIpc) is 3.32. The highest BCUT2D eigenvalue weighted by Gasteiger charge is 2.31. The van der Waals surface area contributed by atoms with E-state index in [0.29, 0.717) is 17.9 Å². The van der Waals surface area contributed by atoms with Crippen molar-refractivity contribution in [3.63, 3.8) is 0 Å². The van der Waals surface area contributed by atoms with Gasteiger partial charge in [-0.15, -0.1) is 24.0 Å². The lowest BCUT2D eigenvalue weighted by Gasteiger charge is -2.39. The van der Waals surface area contributed by atoms with Gasteiger partial charge in [0.2, 0.25) is 0 Å². The van der Waals surface area contributed by atoms with E-state index >= 15 is 0 Å². The standard InChI is InChI=1S/C18H27N3.HI/c1-3-19-18(20-16-9-10-16)21-12-11-17(14(2)13-21)15-7-5-4-6-8-15;/h4-8,14,16-17H,3,9-13H2,1-2H3,(H,19,20);1H. The van der Waals surface area contributed by atoms with Crippen molar-refractivity contribution in [3.8, 4) is 0 Å². The number of rotatable bonds is 3. The molecular formula is C18H28IN3. The van der Waals surface area contributed by atoms with Crippen LogP contribution in [0.15, 0.2) is 35.3 Å². The lowest BCUT2D eigenvalue weighted by atomic mass is 9.82. The molecule has 122 valence electrons. The molecule has 1 aliphatic heterocycles. The monoisotopic (exact) mass is 413 g/mol. The minimum atomic E-state index is 0. The maximum absolute atomic E-state index is 4.69. The van der Waals surface area contributed by atoms with Gasteiger partial charge in [0.1, 0.15) is 0 Å². The zero-order chi connectivity index (χ0) is 14.7. The van der Waals surface area contributed by atoms with Crippen LogP contribution in [0.25, 0.3) is 0 Å². The van der Waals surface area contributed by atoms with Crippen LogP contribution >= 0.6 is 24.0 Å². The summed E-state index contributed by atoms with van der Waals surface area (Å²) in [6, 6.07) is 11.7. The summed E-state index contributed by atoms with van der Waals surface area (Å²) in [5.74, 6) is 2.49. The molecule has 0 radical (unpaired) electrons. The summed E-state index contributed by atoms with van der Waals surface area (Å²) in [4.78, 5) is 7.16. The number of likely N-dealkylation sites (tertiary alicyclic amines) is 1. The Morgan fingerprint density at radius 3 is 2.55 bits per heavy atom. The summed E-state index contributed by atoms with van der Waals surface area (Å²) < 4.78 is 0. The highest BCUT2D eigenvalue weighted by atomic mass is 127. The van der Waals surface area contributed by atoms with Gasteiger partial charge in [0.25, 0.3) is 0 Å². The molecule has 1 aromatic carbocycles. The number of halogens is 1. The number of hydrogen-bond donors (Lipinski definition) is 1. The van der Waals surface area contributed by atoms with E-state index in [2.05, 4.69) is 54.4 Å². The molecule has 3 nitrogen and oxygen atoms in total. The minimum absolute atomic E-state index is 0. The fourth-order valence-electron chi connectivity index (χ4n) is 3.33. The number of nitrogens with zero attached hydrogens (tertiary/aromatic N) is 2. The van der Waals surface area contributed by atoms with Crippen molar-refractivity contribution in [2.24, 2.45) is 10.9 Å². The van der Waals surface area contributed by atoms with E-state index in [1.165, 1.54) is 24.8 Å². The van der Waals surface area contributed by atoms with Crippen molar-refractivity contribution >= 4 is 29.9 Å². The van der Waals surface area contributed by atoms with Crippen LogP contribution in [0, 0.1) is 5.92 Å². The van der Waals surface area contributed by atoms with Gasteiger partial charge in [-0.05, 0) is 43.6 Å². The molecular weight excluding hydrogens is 385 g/mol. The minimum Gasteiger partial charge on any atom is -0.354 e. The Kier molecular flexibility index (Phi) is 6.53. The third-order valence-electron chi connectivity index (χ3n) is 4.65. The Morgan fingerprint density at radius 2 is 1.95 bits per heavy atom. The SMILES string of the molecule is CCN=C(NC1CC1)N1CCC(c2ccccc2)C(C)C1.I. The summed E-state index contributed by atoms with van der Waals surface area (Å²) in [7, 11) is 0. The van der Waals surface area contributed by atoms with Crippen LogP contribution in [0.2, 0.25) is 0 Å². The quantitative estimate of drug-likeness (QED) is 0.463. The third-order valence-corrected chi connectivity index (χ3v) is 4.65. The molecule has 0 aromatic heterocycles. The molecule has 0 amide bonds. The second-order valence-electron chi connectivity index (χ2n) is 6.45. The first-order valence-corrected chi connectivity index (χ1v) is 8.38. The summed E-state index contributed by atoms with van der Waals surface area (Å²) in [6.45, 7) is 7.59. The molecule has 2 aliphatic rings. The molecule has 1 N–H and O–H groups in total. The van der Waals surface area contributed by atoms with Crippen molar-refractivity contribution in [2.45, 2.75) is 45.1 Å². The van der Waals surface area contributed by atoms with Crippen molar-refractivity contribution in [2.75, 3.05) is 19.6 Å². The van der Waals surface area contributed by atoms with Gasteiger partial charge >= 0.3 is 0 Å². The zero-order valence-electron chi connectivity index (χ0n) is 13.7. The fraction of sp³-hybridized carbons (Fsp3) is 0.611. The van der Waals surface area contributed by atoms with Crippen LogP contribution in [0.3, 0.4) is 0 Å². The van der Waals surface area contributed by atoms with Crippen molar-refractivity contribution < 1.29 is 0 Å². The molecule has 3 rings (SSSR count). The van der Waals surface area contributed by atoms with E-state index in [-0.39, 0.29) is 24.0 Å². The number of piperidine rings is 1. The fourth-order valence-corrected chi connectivity index (χ4v) is 3.33. The van der Waals surface area contributed by atoms with Gasteiger partial charge in [-0.2, -0.15) is 0 Å². The van der Waals surface area contributed by atoms with Crippen LogP contribution < -0.4 is 5.32 Å². The van der Waals surface area contributed by atoms with E-state index in [1.54, 1.807) is 0 Å². The van der Waals surface area contributed by atoms with Gasteiger partial charge < -0.3 is 10.2 Å². The first-order chi connectivity index (χ1) is 10.3. The van der Waals surface area contributed by atoms with Crippen LogP contribution in [0.1, 0.15) is 44.6 Å². The van der Waals surface area contributed by atoms with Gasteiger partial charge in [0.05, 0.1) is 0 Å². The van der Waals surface area contributed by atoms with Crippen LogP contribution in [-0.4, -0.2) is 36.5 Å². The van der Waals surface area contributed by atoms with Gasteiger partial charge in [-0.3, -0.25) is 4.99 Å². The van der Waals surface area contributed by atoms with Crippen molar-refractivity contribution in [3.05, 3.63) is 35.9 Å². The Morgan fingerprint density at radius 1 is 1.23 bits per heavy atom. The lowest BCUT2D eigenvalue weighted by Crippen LogP contribution is -2.48. The third kappa shape index (κ3) is 4.37. The maximum atomic E-state index is 4.69. The van der Waals surface area contributed by atoms with Crippen LogP contribution in [-0.2, 0) is 0 Å². The molecule has 1 saturated heterocycles. The molecule has 22 heavy (non-hydrogen) atoms. The number of nitrogens with one attached hydrogen (secondary N) is 1. The molecule has 1 aliphatic carbocycles. The van der Waals surface area contributed by atoms with E-state index in [0.717, 1.165) is 25.6 Å². The van der Waals surface area contributed by atoms with Crippen LogP contribution in [0.5, 0.6) is 0 Å². The molecule has 2 unspecified atom stereocenters. The smallest absolute Gasteiger partial charge is 0.194 e. The Labute approximate surface area is 151 Å². The Balaban J connectivity index is 0.00000176. The highest BCUT2D eigenvalue weighted by Crippen LogP contribution is 2.32. The van der Waals surface area contributed by atoms with Gasteiger partial charge in [-0.1, -0.05) is 37.3 Å². The zero-order valence-corrected chi connectivity index (χ0v) is 16.0. The maximum Gasteiger partial charge on any atom is 0.194 e. The summed E-state index contributed by atoms with van der Waals surface area (Å²) >= 11 is 0. The van der Waals surface area contributed by atoms with E-state index in [9.17, 15) is 0 Å². The summed E-state index contributed by atoms with van der Waals surface area (Å²) in [6.07, 6.45) is 3.83. The second-order valence-corrected chi connectivity index (χ2v) is 6.45. The number of benzene rings is 1. The van der Waals surface area contributed by atoms with Gasteiger partial charge in [0, 0.05) is 25.7 Å². The summed E-state index contributed by atoms with van der Waals surface area (Å²) in [5, 5.41) is 3.61. The number of guanidine groups is 1. The number of aliphatic imine (C=N–C) groups is 1. The molecule has 2 atom stereocenters. The van der Waals surface area contributed by atoms with Gasteiger partial charge in [-0.25, -0.2) is 0 Å². The van der Waals surface area contributed by atoms with E-state index in [4.69, 9.17) is 4.99 Å². The number of hydrogen-bond acceptors (Lipinski definition) is 1. The highest BCUT2D eigenvalue weighted by molar-refractivity contribution is 14.0. The van der Waals surface area contributed by atoms with Crippen LogP contribution in [0.4, 0.5) is 0 Å². The predicted octanol–water partition coefficient (Wildman–Crippen LogP) is 3.86. The van der Waals surface area contributed by atoms with E-state index < -0.39 is 0 Å². The molecule has 1 saturated carbocycles. The molecule has 0 bridgehead atoms.